The summed E-state index contributed by atoms with van der Waals surface area (Å²) in [6.45, 7) is 2.51. The highest BCUT2D eigenvalue weighted by molar-refractivity contribution is 14.0. The molecule has 30 heavy (non-hydrogen) atoms. The molecule has 7 nitrogen and oxygen atoms in total. The summed E-state index contributed by atoms with van der Waals surface area (Å²) >= 11 is 0. The molecular formula is C22H29IN4O3. The fraction of sp³-hybridized carbons (Fsp3) is 0.364. The second kappa shape index (κ2) is 11.6. The highest BCUT2D eigenvalue weighted by Gasteiger charge is 2.19. The van der Waals surface area contributed by atoms with Gasteiger partial charge in [-0.05, 0) is 35.2 Å². The number of nitrogens with one attached hydrogen (secondary N) is 1. The van der Waals surface area contributed by atoms with Crippen molar-refractivity contribution in [3.8, 4) is 11.5 Å². The van der Waals surface area contributed by atoms with Gasteiger partial charge in [-0.25, -0.2) is 4.99 Å². The van der Waals surface area contributed by atoms with E-state index in [0.717, 1.165) is 29.7 Å². The Hall–Kier alpha value is -2.49. The van der Waals surface area contributed by atoms with Crippen LogP contribution in [-0.4, -0.2) is 37.5 Å². The largest absolute Gasteiger partial charge is 0.493 e. The van der Waals surface area contributed by atoms with Crippen LogP contribution in [0.25, 0.3) is 0 Å². The van der Waals surface area contributed by atoms with Crippen LogP contribution in [0.1, 0.15) is 29.5 Å². The minimum absolute atomic E-state index is 0. The maximum absolute atomic E-state index is 11.8. The molecule has 3 N–H and O–H groups in total. The van der Waals surface area contributed by atoms with Crippen LogP contribution in [0.3, 0.4) is 0 Å². The van der Waals surface area contributed by atoms with Crippen molar-refractivity contribution in [3.05, 3.63) is 59.2 Å². The molecule has 1 aliphatic rings. The van der Waals surface area contributed by atoms with E-state index in [9.17, 15) is 4.79 Å². The topological polar surface area (TPSA) is 89.2 Å². The van der Waals surface area contributed by atoms with Crippen LogP contribution in [0.5, 0.6) is 11.5 Å². The molecule has 162 valence electrons. The van der Waals surface area contributed by atoms with E-state index in [1.165, 1.54) is 0 Å². The van der Waals surface area contributed by atoms with Gasteiger partial charge in [0.15, 0.2) is 17.5 Å². The molecular weight excluding hydrogens is 495 g/mol. The molecule has 0 spiro atoms. The number of hydrogen-bond donors (Lipinski definition) is 2. The molecule has 0 radical (unpaired) electrons. The minimum atomic E-state index is 0. The number of nitrogens with zero attached hydrogens (tertiary/aromatic N) is 2. The predicted molar refractivity (Wildman–Crippen MR) is 128 cm³/mol. The van der Waals surface area contributed by atoms with Crippen LogP contribution >= 0.6 is 24.0 Å². The second-order valence-electron chi connectivity index (χ2n) is 6.98. The number of carbonyl (C=O) groups excluding carboxylic acids is 1. The number of rotatable bonds is 8. The number of carbonyl (C=O) groups is 1. The smallest absolute Gasteiger partial charge is 0.222 e. The van der Waals surface area contributed by atoms with Crippen LogP contribution in [0.2, 0.25) is 0 Å². The molecule has 0 atom stereocenters. The van der Waals surface area contributed by atoms with E-state index in [4.69, 9.17) is 15.2 Å². The number of halogens is 1. The lowest BCUT2D eigenvalue weighted by Crippen LogP contribution is -2.31. The highest BCUT2D eigenvalue weighted by atomic mass is 127. The van der Waals surface area contributed by atoms with Crippen molar-refractivity contribution in [3.63, 3.8) is 0 Å². The third-order valence-electron chi connectivity index (χ3n) is 4.89. The fourth-order valence-electron chi connectivity index (χ4n) is 3.33. The van der Waals surface area contributed by atoms with Crippen LogP contribution in [0, 0.1) is 0 Å². The Bertz CT molecular complexity index is 888. The quantitative estimate of drug-likeness (QED) is 0.315. The first-order valence-corrected chi connectivity index (χ1v) is 9.69. The molecule has 1 saturated heterocycles. The second-order valence-corrected chi connectivity index (χ2v) is 6.98. The zero-order valence-electron chi connectivity index (χ0n) is 17.4. The van der Waals surface area contributed by atoms with Crippen LogP contribution in [-0.2, 0) is 24.4 Å². The summed E-state index contributed by atoms with van der Waals surface area (Å²) in [6, 6.07) is 13.8. The fourth-order valence-corrected chi connectivity index (χ4v) is 3.33. The van der Waals surface area contributed by atoms with Crippen molar-refractivity contribution in [1.29, 1.82) is 0 Å². The molecule has 3 rings (SSSR count). The normalized spacial score (nSPS) is 13.7. The summed E-state index contributed by atoms with van der Waals surface area (Å²) in [5, 5.41) is 3.12. The van der Waals surface area contributed by atoms with Gasteiger partial charge in [-0.3, -0.25) is 4.79 Å². The molecule has 1 heterocycles. The number of guanidine groups is 1. The number of methoxy groups -OCH3 is 2. The van der Waals surface area contributed by atoms with Crippen LogP contribution < -0.4 is 20.5 Å². The zero-order chi connectivity index (χ0) is 20.6. The summed E-state index contributed by atoms with van der Waals surface area (Å²) in [6.07, 6.45) is 1.61. The third-order valence-corrected chi connectivity index (χ3v) is 4.89. The van der Waals surface area contributed by atoms with Gasteiger partial charge in [-0.15, -0.1) is 24.0 Å². The first-order chi connectivity index (χ1) is 14.1. The van der Waals surface area contributed by atoms with Gasteiger partial charge in [0.1, 0.15) is 0 Å². The van der Waals surface area contributed by atoms with Gasteiger partial charge in [-0.1, -0.05) is 30.3 Å². The summed E-state index contributed by atoms with van der Waals surface area (Å²) in [5.41, 5.74) is 9.20. The molecule has 8 heteroatoms. The van der Waals surface area contributed by atoms with Crippen molar-refractivity contribution in [2.45, 2.75) is 32.5 Å². The Morgan fingerprint density at radius 1 is 1.10 bits per heavy atom. The standard InChI is InChI=1S/C22H28N4O3.HI/c1-28-19-9-8-17(12-20(19)29-2)14-25-22(23)24-13-16-5-3-6-18(11-16)15-26-10-4-7-21(26)27;/h3,5-6,8-9,11-12H,4,7,10,13-15H2,1-2H3,(H3,23,24,25);1H. The Morgan fingerprint density at radius 2 is 1.87 bits per heavy atom. The van der Waals surface area contributed by atoms with Gasteiger partial charge in [0.25, 0.3) is 0 Å². The maximum Gasteiger partial charge on any atom is 0.222 e. The van der Waals surface area contributed by atoms with Gasteiger partial charge in [0.2, 0.25) is 5.91 Å². The lowest BCUT2D eigenvalue weighted by atomic mass is 10.1. The predicted octanol–water partition coefficient (Wildman–Crippen LogP) is 3.05. The molecule has 0 aromatic heterocycles. The average Bonchev–Trinajstić information content (AvgIpc) is 3.15. The van der Waals surface area contributed by atoms with E-state index < -0.39 is 0 Å². The van der Waals surface area contributed by atoms with Gasteiger partial charge in [-0.2, -0.15) is 0 Å². The zero-order valence-corrected chi connectivity index (χ0v) is 19.7. The number of nitrogens with two attached hydrogens (primary N) is 1. The van der Waals surface area contributed by atoms with Gasteiger partial charge >= 0.3 is 0 Å². The summed E-state index contributed by atoms with van der Waals surface area (Å²) in [4.78, 5) is 18.1. The molecule has 0 unspecified atom stereocenters. The van der Waals surface area contributed by atoms with Crippen molar-refractivity contribution in [2.24, 2.45) is 10.7 Å². The van der Waals surface area contributed by atoms with Crippen molar-refractivity contribution < 1.29 is 14.3 Å². The SMILES string of the molecule is COc1ccc(CNC(N)=NCc2cccc(CN3CCCC3=O)c2)cc1OC.I. The number of likely N-dealkylation sites (tertiary alicyclic amines) is 1. The monoisotopic (exact) mass is 524 g/mol. The lowest BCUT2D eigenvalue weighted by Gasteiger charge is -2.15. The molecule has 0 bridgehead atoms. The number of ether oxygens (including phenoxy) is 2. The molecule has 1 aliphatic heterocycles. The lowest BCUT2D eigenvalue weighted by molar-refractivity contribution is -0.128. The Morgan fingerprint density at radius 3 is 2.57 bits per heavy atom. The number of hydrogen-bond acceptors (Lipinski definition) is 4. The number of aliphatic imine (C=N–C) groups is 1. The summed E-state index contributed by atoms with van der Waals surface area (Å²) < 4.78 is 10.6. The summed E-state index contributed by atoms with van der Waals surface area (Å²) in [7, 11) is 3.22. The van der Waals surface area contributed by atoms with E-state index in [1.807, 2.05) is 41.3 Å². The molecule has 0 saturated carbocycles. The van der Waals surface area contributed by atoms with E-state index in [2.05, 4.69) is 16.4 Å². The van der Waals surface area contributed by atoms with E-state index in [1.54, 1.807) is 14.2 Å². The maximum atomic E-state index is 11.8. The molecule has 2 aromatic carbocycles. The van der Waals surface area contributed by atoms with Gasteiger partial charge < -0.3 is 25.4 Å². The van der Waals surface area contributed by atoms with E-state index in [-0.39, 0.29) is 29.9 Å². The van der Waals surface area contributed by atoms with Gasteiger partial charge in [0, 0.05) is 26.1 Å². The third kappa shape index (κ3) is 6.51. The first-order valence-electron chi connectivity index (χ1n) is 9.69. The average molecular weight is 524 g/mol. The minimum Gasteiger partial charge on any atom is -0.493 e. The molecule has 2 aromatic rings. The van der Waals surface area contributed by atoms with Crippen LogP contribution in [0.15, 0.2) is 47.5 Å². The van der Waals surface area contributed by atoms with Crippen molar-refractivity contribution in [1.82, 2.24) is 10.2 Å². The Balaban J connectivity index is 0.00000320. The van der Waals surface area contributed by atoms with E-state index in [0.29, 0.717) is 43.5 Å². The number of amides is 1. The van der Waals surface area contributed by atoms with E-state index >= 15 is 0 Å². The Kier molecular flexibility index (Phi) is 9.22. The Labute approximate surface area is 194 Å². The van der Waals surface area contributed by atoms with Crippen molar-refractivity contribution >= 4 is 35.8 Å². The first kappa shape index (κ1) is 23.8. The number of benzene rings is 2. The molecule has 1 fully saturated rings. The van der Waals surface area contributed by atoms with Crippen LogP contribution in [0.4, 0.5) is 0 Å². The molecule has 1 amide bonds. The van der Waals surface area contributed by atoms with Gasteiger partial charge in [0.05, 0.1) is 20.8 Å². The highest BCUT2D eigenvalue weighted by Crippen LogP contribution is 2.27. The van der Waals surface area contributed by atoms with Crippen molar-refractivity contribution in [2.75, 3.05) is 20.8 Å². The summed E-state index contributed by atoms with van der Waals surface area (Å²) in [5.74, 6) is 1.97. The molecule has 0 aliphatic carbocycles.